The van der Waals surface area contributed by atoms with Gasteiger partial charge in [-0.2, -0.15) is 0 Å². The van der Waals surface area contributed by atoms with Crippen LogP contribution in [0.4, 0.5) is 0 Å². The molecule has 1 aliphatic heterocycles. The fourth-order valence-electron chi connectivity index (χ4n) is 3.50. The zero-order valence-electron chi connectivity index (χ0n) is 15.3. The second-order valence-corrected chi connectivity index (χ2v) is 7.85. The molecule has 0 unspecified atom stereocenters. The molecule has 0 spiro atoms. The summed E-state index contributed by atoms with van der Waals surface area (Å²) in [6.45, 7) is 5.58. The van der Waals surface area contributed by atoms with Crippen molar-refractivity contribution >= 4 is 11.3 Å². The number of methoxy groups -OCH3 is 2. The van der Waals surface area contributed by atoms with E-state index in [4.69, 9.17) is 14.5 Å². The van der Waals surface area contributed by atoms with Crippen molar-refractivity contribution in [1.29, 1.82) is 0 Å². The van der Waals surface area contributed by atoms with E-state index in [-0.39, 0.29) is 6.04 Å². The summed E-state index contributed by atoms with van der Waals surface area (Å²) in [6.07, 6.45) is 2.16. The van der Waals surface area contributed by atoms with Crippen LogP contribution in [-0.2, 0) is 6.54 Å². The Morgan fingerprint density at radius 3 is 2.72 bits per heavy atom. The maximum absolute atomic E-state index is 10.4. The van der Waals surface area contributed by atoms with Gasteiger partial charge in [0.1, 0.15) is 5.01 Å². The van der Waals surface area contributed by atoms with Gasteiger partial charge in [-0.05, 0) is 51.4 Å². The van der Waals surface area contributed by atoms with E-state index >= 15 is 0 Å². The van der Waals surface area contributed by atoms with Gasteiger partial charge in [0.15, 0.2) is 11.5 Å². The Balaban J connectivity index is 1.77. The SMILES string of the molecule is COc1ccc(-c2nc(CN3CCC[C@@H]3C(C)(C)O)cs2)cc1OC. The highest BCUT2D eigenvalue weighted by molar-refractivity contribution is 7.13. The molecule has 1 aliphatic rings. The summed E-state index contributed by atoms with van der Waals surface area (Å²) < 4.78 is 10.7. The second-order valence-electron chi connectivity index (χ2n) is 7.00. The first kappa shape index (κ1) is 18.2. The normalized spacial score (nSPS) is 18.5. The van der Waals surface area contributed by atoms with Crippen LogP contribution in [0.1, 0.15) is 32.4 Å². The minimum absolute atomic E-state index is 0.193. The summed E-state index contributed by atoms with van der Waals surface area (Å²) in [5, 5.41) is 13.4. The number of hydrogen-bond acceptors (Lipinski definition) is 6. The molecule has 0 bridgehead atoms. The van der Waals surface area contributed by atoms with Gasteiger partial charge in [0.25, 0.3) is 0 Å². The van der Waals surface area contributed by atoms with Gasteiger partial charge in [0.2, 0.25) is 0 Å². The van der Waals surface area contributed by atoms with E-state index in [2.05, 4.69) is 10.3 Å². The third-order valence-electron chi connectivity index (χ3n) is 4.73. The zero-order valence-corrected chi connectivity index (χ0v) is 16.1. The van der Waals surface area contributed by atoms with E-state index < -0.39 is 5.60 Å². The summed E-state index contributed by atoms with van der Waals surface area (Å²) in [4.78, 5) is 7.13. The molecule has 25 heavy (non-hydrogen) atoms. The largest absolute Gasteiger partial charge is 0.493 e. The Kier molecular flexibility index (Phi) is 5.32. The van der Waals surface area contributed by atoms with E-state index in [0.29, 0.717) is 11.5 Å². The van der Waals surface area contributed by atoms with Crippen LogP contribution in [0, 0.1) is 0 Å². The van der Waals surface area contributed by atoms with Crippen LogP contribution in [0.5, 0.6) is 11.5 Å². The van der Waals surface area contributed by atoms with Crippen molar-refractivity contribution in [3.63, 3.8) is 0 Å². The van der Waals surface area contributed by atoms with Crippen molar-refractivity contribution in [3.05, 3.63) is 29.3 Å². The van der Waals surface area contributed by atoms with Crippen LogP contribution in [-0.4, -0.2) is 47.4 Å². The molecule has 1 N–H and O–H groups in total. The smallest absolute Gasteiger partial charge is 0.161 e. The number of ether oxygens (including phenoxy) is 2. The van der Waals surface area contributed by atoms with Crippen LogP contribution < -0.4 is 9.47 Å². The average molecular weight is 362 g/mol. The van der Waals surface area contributed by atoms with Gasteiger partial charge in [-0.1, -0.05) is 0 Å². The summed E-state index contributed by atoms with van der Waals surface area (Å²) in [5.41, 5.74) is 1.39. The molecule has 1 aromatic heterocycles. The van der Waals surface area contributed by atoms with Gasteiger partial charge in [-0.15, -0.1) is 11.3 Å². The van der Waals surface area contributed by atoms with Crippen molar-refractivity contribution in [1.82, 2.24) is 9.88 Å². The summed E-state index contributed by atoms with van der Waals surface area (Å²) in [7, 11) is 3.27. The van der Waals surface area contributed by atoms with Crippen molar-refractivity contribution in [2.75, 3.05) is 20.8 Å². The van der Waals surface area contributed by atoms with Gasteiger partial charge >= 0.3 is 0 Å². The maximum Gasteiger partial charge on any atom is 0.161 e. The highest BCUT2D eigenvalue weighted by Gasteiger charge is 2.35. The number of hydrogen-bond donors (Lipinski definition) is 1. The number of aliphatic hydroxyl groups is 1. The molecule has 5 nitrogen and oxygen atoms in total. The van der Waals surface area contributed by atoms with E-state index in [1.165, 1.54) is 0 Å². The number of benzene rings is 1. The van der Waals surface area contributed by atoms with Gasteiger partial charge in [-0.3, -0.25) is 4.90 Å². The van der Waals surface area contributed by atoms with E-state index in [9.17, 15) is 5.11 Å². The predicted molar refractivity (Wildman–Crippen MR) is 100 cm³/mol. The molecule has 0 radical (unpaired) electrons. The topological polar surface area (TPSA) is 54.8 Å². The summed E-state index contributed by atoms with van der Waals surface area (Å²) in [5.74, 6) is 1.42. The van der Waals surface area contributed by atoms with Gasteiger partial charge in [0.05, 0.1) is 25.5 Å². The summed E-state index contributed by atoms with van der Waals surface area (Å²) >= 11 is 1.63. The molecular weight excluding hydrogens is 336 g/mol. The Morgan fingerprint density at radius 1 is 1.28 bits per heavy atom. The second kappa shape index (κ2) is 7.32. The van der Waals surface area contributed by atoms with Crippen LogP contribution in [0.15, 0.2) is 23.6 Å². The van der Waals surface area contributed by atoms with Crippen molar-refractivity contribution in [2.24, 2.45) is 0 Å². The number of aromatic nitrogens is 1. The minimum Gasteiger partial charge on any atom is -0.493 e. The highest BCUT2D eigenvalue weighted by atomic mass is 32.1. The Morgan fingerprint density at radius 2 is 2.04 bits per heavy atom. The molecule has 1 fully saturated rings. The lowest BCUT2D eigenvalue weighted by atomic mass is 9.96. The fraction of sp³-hybridized carbons (Fsp3) is 0.526. The molecule has 1 saturated heterocycles. The monoisotopic (exact) mass is 362 g/mol. The molecule has 3 rings (SSSR count). The first-order valence-electron chi connectivity index (χ1n) is 8.55. The number of rotatable bonds is 6. The third-order valence-corrected chi connectivity index (χ3v) is 5.67. The first-order valence-corrected chi connectivity index (χ1v) is 9.43. The van der Waals surface area contributed by atoms with Crippen molar-refractivity contribution < 1.29 is 14.6 Å². The van der Waals surface area contributed by atoms with Crippen LogP contribution in [0.25, 0.3) is 10.6 Å². The Hall–Kier alpha value is -1.63. The molecule has 2 aromatic rings. The maximum atomic E-state index is 10.4. The van der Waals surface area contributed by atoms with E-state index in [1.807, 2.05) is 32.0 Å². The van der Waals surface area contributed by atoms with Crippen molar-refractivity contribution in [3.8, 4) is 22.1 Å². The fourth-order valence-corrected chi connectivity index (χ4v) is 4.31. The lowest BCUT2D eigenvalue weighted by Crippen LogP contribution is -2.45. The minimum atomic E-state index is -0.682. The average Bonchev–Trinajstić information content (AvgIpc) is 3.23. The molecule has 0 aliphatic carbocycles. The lowest BCUT2D eigenvalue weighted by molar-refractivity contribution is -0.00530. The summed E-state index contributed by atoms with van der Waals surface area (Å²) in [6, 6.07) is 6.05. The zero-order chi connectivity index (χ0) is 18.0. The molecule has 0 saturated carbocycles. The third kappa shape index (κ3) is 3.97. The Labute approximate surface area is 153 Å². The molecule has 6 heteroatoms. The van der Waals surface area contributed by atoms with Gasteiger partial charge in [0, 0.05) is 23.5 Å². The Bertz CT molecular complexity index is 724. The van der Waals surface area contributed by atoms with Gasteiger partial charge in [-0.25, -0.2) is 4.98 Å². The molecular formula is C19H26N2O3S. The van der Waals surface area contributed by atoms with Crippen LogP contribution in [0.3, 0.4) is 0 Å². The highest BCUT2D eigenvalue weighted by Crippen LogP contribution is 2.34. The molecule has 2 heterocycles. The van der Waals surface area contributed by atoms with Crippen molar-refractivity contribution in [2.45, 2.75) is 44.9 Å². The van der Waals surface area contributed by atoms with E-state index in [0.717, 1.165) is 42.2 Å². The molecule has 1 atom stereocenters. The molecule has 136 valence electrons. The van der Waals surface area contributed by atoms with Gasteiger partial charge < -0.3 is 14.6 Å². The molecule has 0 amide bonds. The molecule has 1 aromatic carbocycles. The number of thiazole rings is 1. The standard InChI is InChI=1S/C19H26N2O3S/c1-19(2,22)17-6-5-9-21(17)11-14-12-25-18(20-14)13-7-8-15(23-3)16(10-13)24-4/h7-8,10,12,17,22H,5-6,9,11H2,1-4H3/t17-/m1/s1. The number of nitrogens with zero attached hydrogens (tertiary/aromatic N) is 2. The first-order chi connectivity index (χ1) is 11.9. The number of likely N-dealkylation sites (tertiary alicyclic amines) is 1. The van der Waals surface area contributed by atoms with Crippen LogP contribution in [0.2, 0.25) is 0 Å². The predicted octanol–water partition coefficient (Wildman–Crippen LogP) is 3.56. The quantitative estimate of drug-likeness (QED) is 0.851. The van der Waals surface area contributed by atoms with E-state index in [1.54, 1.807) is 25.6 Å². The van der Waals surface area contributed by atoms with Crippen LogP contribution >= 0.6 is 11.3 Å². The lowest BCUT2D eigenvalue weighted by Gasteiger charge is -2.33.